The Morgan fingerprint density at radius 2 is 2.00 bits per heavy atom. The smallest absolute Gasteiger partial charge is 0.223 e. The van der Waals surface area contributed by atoms with Crippen LogP contribution in [0.1, 0.15) is 37.9 Å². The molecule has 0 spiro atoms. The van der Waals surface area contributed by atoms with Crippen LogP contribution in [0.4, 0.5) is 0 Å². The molecule has 110 valence electrons. The standard InChI is InChI=1S/C14H23N5O/c15-8-12-3-1-11(2-4-12)7-14(20)18-5-6-19-10-16-17-13(19)9-18/h10-12H,1-9,15H2. The largest absolute Gasteiger partial charge is 0.333 e. The first-order chi connectivity index (χ1) is 9.76. The van der Waals surface area contributed by atoms with Crippen LogP contribution in [0.3, 0.4) is 0 Å². The number of nitrogens with zero attached hydrogens (tertiary/aromatic N) is 4. The molecule has 0 aromatic carbocycles. The number of amides is 1. The van der Waals surface area contributed by atoms with Crippen molar-refractivity contribution >= 4 is 5.91 Å². The fourth-order valence-electron chi connectivity index (χ4n) is 3.33. The van der Waals surface area contributed by atoms with Crippen molar-refractivity contribution in [2.24, 2.45) is 17.6 Å². The van der Waals surface area contributed by atoms with Crippen LogP contribution in [0.25, 0.3) is 0 Å². The van der Waals surface area contributed by atoms with Crippen molar-refractivity contribution in [3.8, 4) is 0 Å². The lowest BCUT2D eigenvalue weighted by molar-refractivity contribution is -0.134. The van der Waals surface area contributed by atoms with Gasteiger partial charge < -0.3 is 15.2 Å². The molecule has 0 atom stereocenters. The minimum Gasteiger partial charge on any atom is -0.333 e. The molecule has 1 amide bonds. The van der Waals surface area contributed by atoms with Crippen LogP contribution in [0.2, 0.25) is 0 Å². The maximum Gasteiger partial charge on any atom is 0.223 e. The van der Waals surface area contributed by atoms with Gasteiger partial charge in [-0.1, -0.05) is 0 Å². The summed E-state index contributed by atoms with van der Waals surface area (Å²) in [5.41, 5.74) is 5.71. The molecule has 1 fully saturated rings. The minimum absolute atomic E-state index is 0.274. The highest BCUT2D eigenvalue weighted by molar-refractivity contribution is 5.76. The van der Waals surface area contributed by atoms with Crippen LogP contribution < -0.4 is 5.73 Å². The summed E-state index contributed by atoms with van der Waals surface area (Å²) in [4.78, 5) is 14.3. The number of hydrogen-bond donors (Lipinski definition) is 1. The molecule has 6 heteroatoms. The SMILES string of the molecule is NCC1CCC(CC(=O)N2CCn3cnnc3C2)CC1. The van der Waals surface area contributed by atoms with Gasteiger partial charge in [0.15, 0.2) is 5.82 Å². The third-order valence-electron chi connectivity index (χ3n) is 4.75. The first-order valence-electron chi connectivity index (χ1n) is 7.60. The Labute approximate surface area is 119 Å². The van der Waals surface area contributed by atoms with Gasteiger partial charge in [0.1, 0.15) is 6.33 Å². The summed E-state index contributed by atoms with van der Waals surface area (Å²) in [6, 6.07) is 0. The molecule has 0 bridgehead atoms. The normalized spacial score (nSPS) is 26.4. The summed E-state index contributed by atoms with van der Waals surface area (Å²) in [5.74, 6) is 2.40. The van der Waals surface area contributed by atoms with E-state index < -0.39 is 0 Å². The highest BCUT2D eigenvalue weighted by Gasteiger charge is 2.26. The van der Waals surface area contributed by atoms with Crippen LogP contribution in [0.5, 0.6) is 0 Å². The first-order valence-corrected chi connectivity index (χ1v) is 7.60. The van der Waals surface area contributed by atoms with E-state index in [0.717, 1.165) is 38.3 Å². The molecule has 1 aliphatic heterocycles. The maximum absolute atomic E-state index is 12.4. The molecule has 2 heterocycles. The highest BCUT2D eigenvalue weighted by atomic mass is 16.2. The maximum atomic E-state index is 12.4. The number of fused-ring (bicyclic) bond motifs is 1. The van der Waals surface area contributed by atoms with Crippen molar-refractivity contribution in [1.82, 2.24) is 19.7 Å². The summed E-state index contributed by atoms with van der Waals surface area (Å²) < 4.78 is 2.02. The van der Waals surface area contributed by atoms with E-state index in [2.05, 4.69) is 10.2 Å². The van der Waals surface area contributed by atoms with Crippen LogP contribution in [0.15, 0.2) is 6.33 Å². The lowest BCUT2D eigenvalue weighted by Gasteiger charge is -2.31. The summed E-state index contributed by atoms with van der Waals surface area (Å²) in [6.07, 6.45) is 7.09. The lowest BCUT2D eigenvalue weighted by atomic mass is 9.80. The van der Waals surface area contributed by atoms with Crippen molar-refractivity contribution in [2.75, 3.05) is 13.1 Å². The fourth-order valence-corrected chi connectivity index (χ4v) is 3.33. The van der Waals surface area contributed by atoms with Gasteiger partial charge in [0.05, 0.1) is 6.54 Å². The van der Waals surface area contributed by atoms with Gasteiger partial charge in [0.2, 0.25) is 5.91 Å². The van der Waals surface area contributed by atoms with Crippen molar-refractivity contribution in [3.05, 3.63) is 12.2 Å². The summed E-state index contributed by atoms with van der Waals surface area (Å²) >= 11 is 0. The van der Waals surface area contributed by atoms with E-state index >= 15 is 0 Å². The molecule has 3 rings (SSSR count). The van der Waals surface area contributed by atoms with Gasteiger partial charge in [-0.2, -0.15) is 0 Å². The van der Waals surface area contributed by atoms with Gasteiger partial charge >= 0.3 is 0 Å². The molecule has 0 radical (unpaired) electrons. The molecule has 1 aliphatic carbocycles. The summed E-state index contributed by atoms with van der Waals surface area (Å²) in [7, 11) is 0. The van der Waals surface area contributed by atoms with Crippen molar-refractivity contribution in [2.45, 2.75) is 45.2 Å². The number of nitrogens with two attached hydrogens (primary N) is 1. The Morgan fingerprint density at radius 1 is 1.25 bits per heavy atom. The molecule has 1 saturated carbocycles. The number of aromatic nitrogens is 3. The van der Waals surface area contributed by atoms with Crippen molar-refractivity contribution in [1.29, 1.82) is 0 Å². The number of carbonyl (C=O) groups is 1. The topological polar surface area (TPSA) is 77.0 Å². The zero-order valence-corrected chi connectivity index (χ0v) is 11.9. The molecular weight excluding hydrogens is 254 g/mol. The van der Waals surface area contributed by atoms with E-state index in [9.17, 15) is 4.79 Å². The van der Waals surface area contributed by atoms with E-state index in [0.29, 0.717) is 24.8 Å². The Morgan fingerprint density at radius 3 is 2.75 bits per heavy atom. The van der Waals surface area contributed by atoms with Crippen LogP contribution in [-0.4, -0.2) is 38.7 Å². The van der Waals surface area contributed by atoms with E-state index in [1.807, 2.05) is 9.47 Å². The van der Waals surface area contributed by atoms with Gasteiger partial charge in [0.25, 0.3) is 0 Å². The Bertz CT molecular complexity index is 464. The molecule has 6 nitrogen and oxygen atoms in total. The zero-order chi connectivity index (χ0) is 13.9. The molecule has 0 unspecified atom stereocenters. The summed E-state index contributed by atoms with van der Waals surface area (Å²) in [5, 5.41) is 7.96. The quantitative estimate of drug-likeness (QED) is 0.885. The predicted molar refractivity (Wildman–Crippen MR) is 74.6 cm³/mol. The van der Waals surface area contributed by atoms with E-state index in [1.165, 1.54) is 12.8 Å². The second-order valence-corrected chi connectivity index (χ2v) is 6.08. The van der Waals surface area contributed by atoms with Gasteiger partial charge in [-0.3, -0.25) is 4.79 Å². The molecule has 2 aliphatic rings. The predicted octanol–water partition coefficient (Wildman–Crippen LogP) is 0.775. The molecule has 1 aromatic heterocycles. The zero-order valence-electron chi connectivity index (χ0n) is 11.9. The van der Waals surface area contributed by atoms with Crippen LogP contribution >= 0.6 is 0 Å². The minimum atomic E-state index is 0.274. The first kappa shape index (κ1) is 13.5. The molecular formula is C14H23N5O. The second-order valence-electron chi connectivity index (χ2n) is 6.08. The molecule has 20 heavy (non-hydrogen) atoms. The highest BCUT2D eigenvalue weighted by Crippen LogP contribution is 2.30. The van der Waals surface area contributed by atoms with Crippen LogP contribution in [0, 0.1) is 11.8 Å². The second kappa shape index (κ2) is 5.91. The fraction of sp³-hybridized carbons (Fsp3) is 0.786. The van der Waals surface area contributed by atoms with Gasteiger partial charge in [-0.25, -0.2) is 0 Å². The molecule has 1 aromatic rings. The summed E-state index contributed by atoms with van der Waals surface area (Å²) in [6.45, 7) is 3.00. The number of hydrogen-bond acceptors (Lipinski definition) is 4. The monoisotopic (exact) mass is 277 g/mol. The number of rotatable bonds is 3. The Hall–Kier alpha value is -1.43. The van der Waals surface area contributed by atoms with Gasteiger partial charge in [-0.05, 0) is 44.1 Å². The van der Waals surface area contributed by atoms with Crippen molar-refractivity contribution < 1.29 is 4.79 Å². The molecule has 2 N–H and O–H groups in total. The third-order valence-corrected chi connectivity index (χ3v) is 4.75. The average molecular weight is 277 g/mol. The van der Waals surface area contributed by atoms with E-state index in [4.69, 9.17) is 5.73 Å². The van der Waals surface area contributed by atoms with Gasteiger partial charge in [-0.15, -0.1) is 10.2 Å². The van der Waals surface area contributed by atoms with Crippen LogP contribution in [-0.2, 0) is 17.9 Å². The number of carbonyl (C=O) groups excluding carboxylic acids is 1. The third kappa shape index (κ3) is 2.85. The van der Waals surface area contributed by atoms with Crippen molar-refractivity contribution in [3.63, 3.8) is 0 Å². The van der Waals surface area contributed by atoms with E-state index in [1.54, 1.807) is 6.33 Å². The average Bonchev–Trinajstić information content (AvgIpc) is 2.95. The molecule has 0 saturated heterocycles. The Balaban J connectivity index is 1.51. The van der Waals surface area contributed by atoms with Gasteiger partial charge in [0, 0.05) is 19.5 Å². The Kier molecular flexibility index (Phi) is 4.00. The van der Waals surface area contributed by atoms with E-state index in [-0.39, 0.29) is 5.91 Å². The lowest BCUT2D eigenvalue weighted by Crippen LogP contribution is -2.39.